The van der Waals surface area contributed by atoms with E-state index in [1.54, 1.807) is 0 Å². The number of halogens is 2. The van der Waals surface area contributed by atoms with Crippen LogP contribution in [0.25, 0.3) is 0 Å². The first-order chi connectivity index (χ1) is 3.79. The molecule has 1 heterocycles. The molecule has 0 saturated carbocycles. The summed E-state index contributed by atoms with van der Waals surface area (Å²) in [5.74, 6) is 5.46. The maximum atomic E-state index is 5.46. The van der Waals surface area contributed by atoms with Crippen molar-refractivity contribution in [3.8, 4) is 0 Å². The third kappa shape index (κ3) is 3.34. The lowest BCUT2D eigenvalue weighted by molar-refractivity contribution is -0.854. The summed E-state index contributed by atoms with van der Waals surface area (Å²) in [5, 5.41) is 0.924. The van der Waals surface area contributed by atoms with Gasteiger partial charge in [0, 0.05) is 10.6 Å². The summed E-state index contributed by atoms with van der Waals surface area (Å²) < 4.78 is 1.12. The molecule has 0 spiro atoms. The molecule has 0 fully saturated rings. The Morgan fingerprint density at radius 3 is 2.67 bits per heavy atom. The lowest BCUT2D eigenvalue weighted by atomic mass is 10.4. The summed E-state index contributed by atoms with van der Waals surface area (Å²) in [7, 11) is 0. The molecule has 1 rings (SSSR count). The predicted molar refractivity (Wildman–Crippen MR) is 36.2 cm³/mol. The van der Waals surface area contributed by atoms with Crippen LogP contribution < -0.4 is 34.8 Å². The number of allylic oxidation sites excluding steroid dienone is 2. The number of quaternary nitrogens is 1. The van der Waals surface area contributed by atoms with Gasteiger partial charge in [0.2, 0.25) is 0 Å². The van der Waals surface area contributed by atoms with Gasteiger partial charge in [0.25, 0.3) is 0 Å². The van der Waals surface area contributed by atoms with Crippen LogP contribution >= 0.6 is 15.9 Å². The van der Waals surface area contributed by atoms with Crippen molar-refractivity contribution >= 4 is 15.9 Å². The van der Waals surface area contributed by atoms with Gasteiger partial charge in [-0.15, -0.1) is 0 Å². The Bertz CT molecular complexity index is 144. The topological polar surface area (TPSA) is 30.5 Å². The molecule has 1 unspecified atom stereocenters. The number of rotatable bonds is 0. The van der Waals surface area contributed by atoms with Crippen LogP contribution in [0, 0.1) is 0 Å². The highest BCUT2D eigenvalue weighted by Gasteiger charge is 1.99. The molecule has 2 nitrogen and oxygen atoms in total. The highest BCUT2D eigenvalue weighted by molar-refractivity contribution is 9.11. The lowest BCUT2D eigenvalue weighted by Crippen LogP contribution is -3.13. The highest BCUT2D eigenvalue weighted by atomic mass is 127. The minimum Gasteiger partial charge on any atom is -1.00 e. The molecule has 0 radical (unpaired) electrons. The van der Waals surface area contributed by atoms with E-state index in [0.717, 1.165) is 16.0 Å². The Morgan fingerprint density at radius 2 is 2.33 bits per heavy atom. The van der Waals surface area contributed by atoms with Crippen LogP contribution in [-0.2, 0) is 0 Å². The fraction of sp³-hybridized carbons (Fsp3) is 0.200. The van der Waals surface area contributed by atoms with Crippen molar-refractivity contribution in [3.63, 3.8) is 0 Å². The van der Waals surface area contributed by atoms with E-state index in [9.17, 15) is 0 Å². The van der Waals surface area contributed by atoms with E-state index in [1.165, 1.54) is 0 Å². The smallest absolute Gasteiger partial charge is 0.119 e. The zero-order valence-corrected chi connectivity index (χ0v) is 8.52. The number of nitrogens with one attached hydrogen (secondary N) is 1. The second kappa shape index (κ2) is 4.43. The first kappa shape index (κ1) is 9.61. The van der Waals surface area contributed by atoms with Gasteiger partial charge >= 0.3 is 0 Å². The van der Waals surface area contributed by atoms with E-state index in [0.29, 0.717) is 0 Å². The molecule has 0 aromatic carbocycles. The normalized spacial score (nSPS) is 24.7. The molecule has 0 bridgehead atoms. The molecule has 1 aliphatic rings. The van der Waals surface area contributed by atoms with Gasteiger partial charge in [0.1, 0.15) is 12.7 Å². The summed E-state index contributed by atoms with van der Waals surface area (Å²) in [5.41, 5.74) is 0. The summed E-state index contributed by atoms with van der Waals surface area (Å²) >= 11 is 3.32. The van der Waals surface area contributed by atoms with Crippen molar-refractivity contribution in [2.24, 2.45) is 5.84 Å². The average molecular weight is 303 g/mol. The van der Waals surface area contributed by atoms with Gasteiger partial charge in [-0.05, 0) is 6.08 Å². The Kier molecular flexibility index (Phi) is 4.73. The van der Waals surface area contributed by atoms with Crippen LogP contribution in [0.2, 0.25) is 0 Å². The average Bonchev–Trinajstić information content (AvgIpc) is 1.77. The van der Waals surface area contributed by atoms with E-state index < -0.39 is 0 Å². The number of hydrogen-bond donors (Lipinski definition) is 2. The molecule has 0 aromatic heterocycles. The zero-order chi connectivity index (χ0) is 5.98. The van der Waals surface area contributed by atoms with Crippen LogP contribution in [0.5, 0.6) is 0 Å². The molecular formula is C5H8BrIN2. The summed E-state index contributed by atoms with van der Waals surface area (Å²) in [6.45, 7) is 0.872. The van der Waals surface area contributed by atoms with Crippen molar-refractivity contribution in [2.45, 2.75) is 0 Å². The minimum absolute atomic E-state index is 0. The van der Waals surface area contributed by atoms with Gasteiger partial charge < -0.3 is 24.0 Å². The van der Waals surface area contributed by atoms with Gasteiger partial charge in [0.05, 0.1) is 0 Å². The van der Waals surface area contributed by atoms with Crippen molar-refractivity contribution in [1.82, 2.24) is 0 Å². The van der Waals surface area contributed by atoms with Crippen LogP contribution in [0.4, 0.5) is 0 Å². The molecule has 0 saturated heterocycles. The van der Waals surface area contributed by atoms with Crippen molar-refractivity contribution in [1.29, 1.82) is 0 Å². The maximum Gasteiger partial charge on any atom is 0.119 e. The van der Waals surface area contributed by atoms with Crippen LogP contribution in [0.3, 0.4) is 0 Å². The molecule has 0 aromatic rings. The highest BCUT2D eigenvalue weighted by Crippen LogP contribution is 2.04. The van der Waals surface area contributed by atoms with Crippen molar-refractivity contribution in [3.05, 3.63) is 22.8 Å². The fourth-order valence-corrected chi connectivity index (χ4v) is 0.832. The third-order valence-corrected chi connectivity index (χ3v) is 1.58. The second-order valence-corrected chi connectivity index (χ2v) is 2.62. The lowest BCUT2D eigenvalue weighted by Gasteiger charge is -2.06. The quantitative estimate of drug-likeness (QED) is 0.354. The zero-order valence-electron chi connectivity index (χ0n) is 4.77. The van der Waals surface area contributed by atoms with Crippen molar-refractivity contribution < 1.29 is 29.0 Å². The maximum absolute atomic E-state index is 5.46. The standard InChI is InChI=1S/C5H7BrN2.HI/c6-5-1-3-8(7)4-2-5;/h1-3H,4,7H2;1H. The van der Waals surface area contributed by atoms with E-state index in [4.69, 9.17) is 5.84 Å². The molecular weight excluding hydrogens is 295 g/mol. The van der Waals surface area contributed by atoms with Gasteiger partial charge in [-0.3, -0.25) is 0 Å². The van der Waals surface area contributed by atoms with E-state index in [2.05, 4.69) is 15.9 Å². The molecule has 1 atom stereocenters. The number of hydrogen-bond acceptors (Lipinski definition) is 1. The Balaban J connectivity index is 0.000000640. The molecule has 0 aliphatic carbocycles. The van der Waals surface area contributed by atoms with Crippen LogP contribution in [-0.4, -0.2) is 6.54 Å². The van der Waals surface area contributed by atoms with Gasteiger partial charge in [-0.25, -0.2) is 5.01 Å². The molecule has 9 heavy (non-hydrogen) atoms. The predicted octanol–water partition coefficient (Wildman–Crippen LogP) is -3.44. The van der Waals surface area contributed by atoms with Gasteiger partial charge in [-0.2, -0.15) is 5.84 Å². The molecule has 3 N–H and O–H groups in total. The molecule has 1 aliphatic heterocycles. The summed E-state index contributed by atoms with van der Waals surface area (Å²) in [4.78, 5) is 0. The number of nitrogens with two attached hydrogens (primary N) is 1. The van der Waals surface area contributed by atoms with Crippen molar-refractivity contribution in [2.75, 3.05) is 6.54 Å². The van der Waals surface area contributed by atoms with E-state index in [-0.39, 0.29) is 24.0 Å². The molecule has 4 heteroatoms. The second-order valence-electron chi connectivity index (χ2n) is 1.70. The largest absolute Gasteiger partial charge is 1.00 e. The third-order valence-electron chi connectivity index (χ3n) is 0.989. The monoisotopic (exact) mass is 302 g/mol. The van der Waals surface area contributed by atoms with E-state index in [1.807, 2.05) is 18.4 Å². The molecule has 52 valence electrons. The molecule has 0 amide bonds. The Morgan fingerprint density at radius 1 is 1.67 bits per heavy atom. The van der Waals surface area contributed by atoms with Gasteiger partial charge in [0.15, 0.2) is 0 Å². The Hall–Kier alpha value is 0.610. The minimum atomic E-state index is 0. The summed E-state index contributed by atoms with van der Waals surface area (Å²) in [6.07, 6.45) is 5.89. The van der Waals surface area contributed by atoms with Crippen LogP contribution in [0.1, 0.15) is 0 Å². The van der Waals surface area contributed by atoms with E-state index >= 15 is 0 Å². The summed E-state index contributed by atoms with van der Waals surface area (Å²) in [6, 6.07) is 0. The Labute approximate surface area is 79.9 Å². The van der Waals surface area contributed by atoms with Gasteiger partial charge in [-0.1, -0.05) is 15.9 Å². The van der Waals surface area contributed by atoms with Crippen LogP contribution in [0.15, 0.2) is 22.8 Å². The SMILES string of the molecule is N[NH+]1C=CC(Br)=CC1.[I-]. The first-order valence-corrected chi connectivity index (χ1v) is 3.23. The fourth-order valence-electron chi connectivity index (χ4n) is 0.538. The first-order valence-electron chi connectivity index (χ1n) is 2.44.